The number of nitrogens with zero attached hydrogens (tertiary/aromatic N) is 1. The van der Waals surface area contributed by atoms with Gasteiger partial charge in [0.1, 0.15) is 17.0 Å². The summed E-state index contributed by atoms with van der Waals surface area (Å²) < 4.78 is 36.9. The molecule has 84 valence electrons. The van der Waals surface area contributed by atoms with Crippen molar-refractivity contribution in [1.82, 2.24) is 4.98 Å². The van der Waals surface area contributed by atoms with Gasteiger partial charge in [-0.15, -0.1) is 0 Å². The van der Waals surface area contributed by atoms with E-state index in [1.165, 1.54) is 12.1 Å². The zero-order valence-electron chi connectivity index (χ0n) is 8.12. The molecular weight excluding hydrogens is 414 g/mol. The molecule has 0 saturated carbocycles. The number of hydrogen-bond acceptors (Lipinski definition) is 2. The number of alkyl halides is 3. The van der Waals surface area contributed by atoms with Gasteiger partial charge in [-0.2, -0.15) is 13.2 Å². The van der Waals surface area contributed by atoms with E-state index in [0.29, 0.717) is 5.39 Å². The van der Waals surface area contributed by atoms with Crippen LogP contribution >= 0.6 is 0 Å². The van der Waals surface area contributed by atoms with Crippen LogP contribution in [-0.4, -0.2) is 37.4 Å². The van der Waals surface area contributed by atoms with E-state index >= 15 is 0 Å². The van der Waals surface area contributed by atoms with Crippen molar-refractivity contribution in [2.24, 2.45) is 0 Å². The van der Waals surface area contributed by atoms with Crippen LogP contribution in [0, 0.1) is 0 Å². The number of benzene rings is 1. The standard InChI is InChI=1S/C10H6F3NO.Pb.2H/c11-10(12,13)8-5-4-6-2-1-3-7(15)9(6)14-8;;;/h1-5,15H;;;. The van der Waals surface area contributed by atoms with Crippen molar-refractivity contribution in [3.8, 4) is 5.75 Å². The molecule has 2 radical (unpaired) electrons. The summed E-state index contributed by atoms with van der Waals surface area (Å²) in [6.45, 7) is 0. The van der Waals surface area contributed by atoms with Crippen LogP contribution in [-0.2, 0) is 6.18 Å². The Kier molecular flexibility index (Phi) is 3.76. The Morgan fingerprint density at radius 1 is 1.06 bits per heavy atom. The average molecular weight is 422 g/mol. The number of hydrogen-bond donors (Lipinski definition) is 1. The quantitative estimate of drug-likeness (QED) is 0.660. The summed E-state index contributed by atoms with van der Waals surface area (Å²) in [5, 5.41) is 9.81. The van der Waals surface area contributed by atoms with E-state index < -0.39 is 11.9 Å². The van der Waals surface area contributed by atoms with Gasteiger partial charge in [-0.3, -0.25) is 0 Å². The summed E-state index contributed by atoms with van der Waals surface area (Å²) in [5.74, 6) is -0.251. The average Bonchev–Trinajstić information content (AvgIpc) is 2.16. The monoisotopic (exact) mass is 423 g/mol. The third-order valence-corrected chi connectivity index (χ3v) is 1.99. The van der Waals surface area contributed by atoms with Crippen LogP contribution in [0.2, 0.25) is 0 Å². The van der Waals surface area contributed by atoms with Crippen LogP contribution < -0.4 is 0 Å². The van der Waals surface area contributed by atoms with Crippen molar-refractivity contribution < 1.29 is 18.3 Å². The normalized spacial score (nSPS) is 11.2. The first kappa shape index (κ1) is 13.2. The molecule has 0 amide bonds. The molecule has 0 aliphatic rings. The molecule has 0 atom stereocenters. The van der Waals surface area contributed by atoms with E-state index in [1.54, 1.807) is 12.1 Å². The molecule has 0 aliphatic heterocycles. The van der Waals surface area contributed by atoms with Crippen molar-refractivity contribution >= 4 is 38.2 Å². The van der Waals surface area contributed by atoms with Gasteiger partial charge in [0.25, 0.3) is 0 Å². The zero-order valence-corrected chi connectivity index (χ0v) is 13.6. The van der Waals surface area contributed by atoms with Gasteiger partial charge in [0.05, 0.1) is 0 Å². The van der Waals surface area contributed by atoms with Gasteiger partial charge in [-0.25, -0.2) is 4.98 Å². The minimum atomic E-state index is -4.49. The molecule has 2 rings (SSSR count). The van der Waals surface area contributed by atoms with E-state index in [0.717, 1.165) is 6.07 Å². The fourth-order valence-electron chi connectivity index (χ4n) is 1.29. The second-order valence-corrected chi connectivity index (χ2v) is 3.04. The molecule has 0 unspecified atom stereocenters. The number of pyridine rings is 1. The fraction of sp³-hybridized carbons (Fsp3) is 0.100. The van der Waals surface area contributed by atoms with Crippen molar-refractivity contribution in [3.63, 3.8) is 0 Å². The number of phenolic OH excluding ortho intramolecular Hbond substituents is 1. The molecule has 1 aromatic carbocycles. The molecule has 0 saturated heterocycles. The number of rotatable bonds is 0. The molecule has 1 heterocycles. The Hall–Kier alpha value is -0.858. The summed E-state index contributed by atoms with van der Waals surface area (Å²) in [7, 11) is 0. The molecule has 1 N–H and O–H groups in total. The van der Waals surface area contributed by atoms with Gasteiger partial charge in [0, 0.05) is 5.39 Å². The van der Waals surface area contributed by atoms with Crippen LogP contribution in [0.4, 0.5) is 13.2 Å². The van der Waals surface area contributed by atoms with Crippen LogP contribution in [0.3, 0.4) is 0 Å². The predicted molar refractivity (Wildman–Crippen MR) is 57.0 cm³/mol. The first-order valence-electron chi connectivity index (χ1n) is 4.14. The summed E-state index contributed by atoms with van der Waals surface area (Å²) >= 11 is 0. The maximum atomic E-state index is 12.3. The van der Waals surface area contributed by atoms with E-state index in [9.17, 15) is 18.3 Å². The van der Waals surface area contributed by atoms with E-state index in [4.69, 9.17) is 0 Å². The van der Waals surface area contributed by atoms with Crippen molar-refractivity contribution in [2.45, 2.75) is 6.18 Å². The van der Waals surface area contributed by atoms with Crippen LogP contribution in [0.25, 0.3) is 10.9 Å². The first-order valence-corrected chi connectivity index (χ1v) is 4.14. The molecule has 2 aromatic rings. The van der Waals surface area contributed by atoms with Gasteiger partial charge < -0.3 is 5.11 Å². The summed E-state index contributed by atoms with van der Waals surface area (Å²) in [5.41, 5.74) is -1.04. The number of fused-ring (bicyclic) bond motifs is 1. The first-order chi connectivity index (χ1) is 6.98. The van der Waals surface area contributed by atoms with Crippen LogP contribution in [0.15, 0.2) is 30.3 Å². The van der Waals surface area contributed by atoms with Crippen molar-refractivity contribution in [3.05, 3.63) is 36.0 Å². The fourth-order valence-corrected chi connectivity index (χ4v) is 1.29. The van der Waals surface area contributed by atoms with Crippen molar-refractivity contribution in [2.75, 3.05) is 0 Å². The van der Waals surface area contributed by atoms with Gasteiger partial charge in [0.2, 0.25) is 0 Å². The minimum absolute atomic E-state index is 0. The molecule has 0 aliphatic carbocycles. The molecule has 1 aromatic heterocycles. The Balaban J connectivity index is 0.00000128. The van der Waals surface area contributed by atoms with Gasteiger partial charge >= 0.3 is 33.5 Å². The number of para-hydroxylation sites is 1. The molecular formula is C10H8F3NOPb. The number of aromatic hydroxyl groups is 1. The number of halogens is 3. The Labute approximate surface area is 109 Å². The molecule has 0 fully saturated rings. The van der Waals surface area contributed by atoms with Crippen LogP contribution in [0.1, 0.15) is 5.69 Å². The summed E-state index contributed by atoms with van der Waals surface area (Å²) in [4.78, 5) is 3.37. The predicted octanol–water partition coefficient (Wildman–Crippen LogP) is 2.04. The van der Waals surface area contributed by atoms with E-state index in [-0.39, 0.29) is 38.6 Å². The van der Waals surface area contributed by atoms with E-state index in [2.05, 4.69) is 4.98 Å². The molecule has 0 bridgehead atoms. The number of aromatic nitrogens is 1. The second-order valence-electron chi connectivity index (χ2n) is 3.04. The molecule has 0 spiro atoms. The summed E-state index contributed by atoms with van der Waals surface area (Å²) in [6.07, 6.45) is -4.49. The SMILES string of the molecule is Oc1cccc2ccc(C(F)(F)F)nc12.[PbH2]. The van der Waals surface area contributed by atoms with Gasteiger partial charge in [-0.05, 0) is 12.1 Å². The van der Waals surface area contributed by atoms with Gasteiger partial charge in [-0.1, -0.05) is 18.2 Å². The van der Waals surface area contributed by atoms with Crippen LogP contribution in [0.5, 0.6) is 5.75 Å². The Morgan fingerprint density at radius 2 is 1.75 bits per heavy atom. The Bertz CT molecular complexity index is 513. The zero-order chi connectivity index (χ0) is 11.1. The third kappa shape index (κ3) is 2.45. The maximum absolute atomic E-state index is 12.3. The topological polar surface area (TPSA) is 33.1 Å². The Morgan fingerprint density at radius 3 is 2.38 bits per heavy atom. The van der Waals surface area contributed by atoms with E-state index in [1.807, 2.05) is 0 Å². The molecule has 2 nitrogen and oxygen atoms in total. The molecule has 16 heavy (non-hydrogen) atoms. The molecule has 6 heteroatoms. The van der Waals surface area contributed by atoms with Crippen molar-refractivity contribution in [1.29, 1.82) is 0 Å². The second kappa shape index (κ2) is 4.56. The van der Waals surface area contributed by atoms with Gasteiger partial charge in [0.15, 0.2) is 0 Å². The summed E-state index contributed by atoms with van der Waals surface area (Å²) in [6, 6.07) is 6.61. The number of phenols is 1. The third-order valence-electron chi connectivity index (χ3n) is 1.99.